The molecule has 0 unspecified atom stereocenters. The third kappa shape index (κ3) is 147. The molecule has 0 saturated carbocycles. The first-order chi connectivity index (χ1) is 10.3. The fraction of sp³-hybridized carbons (Fsp3) is 1.00. The molecule has 0 aliphatic rings. The van der Waals surface area contributed by atoms with Gasteiger partial charge in [0.05, 0.1) is 0 Å². The minimum Gasteiger partial charge on any atom is -0.0683 e. The highest BCUT2D eigenvalue weighted by Gasteiger charge is 1.85. The van der Waals surface area contributed by atoms with E-state index in [0.717, 1.165) is 17.8 Å². The molecule has 0 atom stereocenters. The predicted octanol–water partition coefficient (Wildman–Crippen LogP) is 9.63. The number of rotatable bonds is 4. The van der Waals surface area contributed by atoms with Crippen LogP contribution in [0.1, 0.15) is 130 Å². The highest BCUT2D eigenvalue weighted by atomic mass is 13.9. The van der Waals surface area contributed by atoms with Crippen molar-refractivity contribution < 1.29 is 0 Å². The lowest BCUT2D eigenvalue weighted by molar-refractivity contribution is 0.576. The zero-order chi connectivity index (χ0) is 19.6. The van der Waals surface area contributed by atoms with E-state index in [1.165, 1.54) is 25.7 Å². The summed E-state index contributed by atoms with van der Waals surface area (Å²) >= 11 is 0. The van der Waals surface area contributed by atoms with Crippen LogP contribution in [0.4, 0.5) is 0 Å². The topological polar surface area (TPSA) is 0 Å². The van der Waals surface area contributed by atoms with E-state index in [1.807, 2.05) is 41.5 Å². The van der Waals surface area contributed by atoms with Crippen LogP contribution in [0.3, 0.4) is 0 Å². The van der Waals surface area contributed by atoms with Crippen LogP contribution in [0.15, 0.2) is 0 Å². The third-order valence-corrected chi connectivity index (χ3v) is 2.50. The molecular weight excluding hydrogens is 264 g/mol. The van der Waals surface area contributed by atoms with Crippen molar-refractivity contribution in [3.8, 4) is 0 Å². The van der Waals surface area contributed by atoms with Crippen molar-refractivity contribution in [1.29, 1.82) is 0 Å². The Morgan fingerprint density at radius 3 is 0.636 bits per heavy atom. The van der Waals surface area contributed by atoms with Crippen LogP contribution in [0.2, 0.25) is 0 Å². The molecule has 0 aromatic rings. The molecule has 0 spiro atoms. The molecule has 0 rings (SSSR count). The molecule has 0 radical (unpaired) electrons. The lowest BCUT2D eigenvalue weighted by Gasteiger charge is -1.95. The summed E-state index contributed by atoms with van der Waals surface area (Å²) in [6.07, 6.45) is 5.32. The summed E-state index contributed by atoms with van der Waals surface area (Å²) in [6.45, 7) is 32.0. The normalized spacial score (nSPS) is 7.91. The SMILES string of the molecule is CC.CC.CC.CCC(C)C.CCC(C)C.CCCC(C)C. The summed E-state index contributed by atoms with van der Waals surface area (Å²) in [5.41, 5.74) is 0. The minimum atomic E-state index is 0.884. The van der Waals surface area contributed by atoms with Crippen LogP contribution in [0.5, 0.6) is 0 Å². The maximum absolute atomic E-state index is 2.25. The fourth-order valence-corrected chi connectivity index (χ4v) is 0.577. The van der Waals surface area contributed by atoms with E-state index in [4.69, 9.17) is 0 Å². The molecule has 22 heavy (non-hydrogen) atoms. The van der Waals surface area contributed by atoms with Gasteiger partial charge < -0.3 is 0 Å². The molecule has 0 nitrogen and oxygen atoms in total. The average molecular weight is 321 g/mol. The molecule has 0 aromatic carbocycles. The Hall–Kier alpha value is 0. The van der Waals surface area contributed by atoms with Gasteiger partial charge in [-0.05, 0) is 17.8 Å². The molecule has 0 aliphatic carbocycles. The monoisotopic (exact) mass is 320 g/mol. The molecule has 0 aliphatic heterocycles. The molecule has 0 amide bonds. The molecule has 0 saturated heterocycles. The summed E-state index contributed by atoms with van der Waals surface area (Å²) in [4.78, 5) is 0. The van der Waals surface area contributed by atoms with Crippen LogP contribution in [-0.2, 0) is 0 Å². The van der Waals surface area contributed by atoms with E-state index in [9.17, 15) is 0 Å². The molecule has 0 aromatic heterocycles. The van der Waals surface area contributed by atoms with Crippen molar-refractivity contribution in [1.82, 2.24) is 0 Å². The Morgan fingerprint density at radius 1 is 0.455 bits per heavy atom. The summed E-state index contributed by atoms with van der Waals surface area (Å²) in [6, 6.07) is 0. The second-order valence-electron chi connectivity index (χ2n) is 5.79. The fourth-order valence-electron chi connectivity index (χ4n) is 0.577. The Kier molecular flexibility index (Phi) is 85.6. The smallest absolute Gasteiger partial charge is 0.0471 e. The van der Waals surface area contributed by atoms with Crippen molar-refractivity contribution in [3.63, 3.8) is 0 Å². The summed E-state index contributed by atoms with van der Waals surface area (Å²) in [7, 11) is 0. The zero-order valence-corrected chi connectivity index (χ0v) is 19.6. The van der Waals surface area contributed by atoms with Crippen molar-refractivity contribution in [2.24, 2.45) is 17.8 Å². The van der Waals surface area contributed by atoms with Gasteiger partial charge in [0.1, 0.15) is 0 Å². The van der Waals surface area contributed by atoms with E-state index in [2.05, 4.69) is 62.3 Å². The van der Waals surface area contributed by atoms with E-state index < -0.39 is 0 Å². The van der Waals surface area contributed by atoms with Crippen LogP contribution in [0, 0.1) is 17.8 Å². The van der Waals surface area contributed by atoms with Gasteiger partial charge in [0.15, 0.2) is 0 Å². The number of hydrogen-bond acceptors (Lipinski definition) is 0. The Labute approximate surface area is 147 Å². The van der Waals surface area contributed by atoms with Crippen molar-refractivity contribution >= 4 is 0 Å². The molecule has 0 bridgehead atoms. The van der Waals surface area contributed by atoms with E-state index >= 15 is 0 Å². The lowest BCUT2D eigenvalue weighted by Crippen LogP contribution is -1.81. The highest BCUT2D eigenvalue weighted by molar-refractivity contribution is 4.38. The zero-order valence-electron chi connectivity index (χ0n) is 19.6. The maximum atomic E-state index is 2.25. The first-order valence-electron chi connectivity index (χ1n) is 10.3. The van der Waals surface area contributed by atoms with Gasteiger partial charge in [0, 0.05) is 0 Å². The second kappa shape index (κ2) is 49.7. The number of hydrogen-bond donors (Lipinski definition) is 0. The molecule has 0 N–H and O–H groups in total. The molecular formula is C22H56. The second-order valence-corrected chi connectivity index (χ2v) is 5.79. The first-order valence-corrected chi connectivity index (χ1v) is 10.3. The van der Waals surface area contributed by atoms with Crippen molar-refractivity contribution in [3.05, 3.63) is 0 Å². The molecule has 0 heteroatoms. The van der Waals surface area contributed by atoms with Gasteiger partial charge >= 0.3 is 0 Å². The quantitative estimate of drug-likeness (QED) is 0.483. The van der Waals surface area contributed by atoms with Gasteiger partial charge in [-0.1, -0.05) is 130 Å². The Bertz CT molecular complexity index is 82.2. The standard InChI is InChI=1S/C6H14.2C5H12.3C2H6/c1-4-5-6(2)3;2*1-4-5(2)3;3*1-2/h6H,4-5H2,1-3H3;2*5H,4H2,1-3H3;3*1-2H3. The van der Waals surface area contributed by atoms with Crippen LogP contribution < -0.4 is 0 Å². The van der Waals surface area contributed by atoms with Gasteiger partial charge in [-0.3, -0.25) is 0 Å². The summed E-state index contributed by atoms with van der Waals surface area (Å²) < 4.78 is 0. The van der Waals surface area contributed by atoms with E-state index in [-0.39, 0.29) is 0 Å². The van der Waals surface area contributed by atoms with Crippen LogP contribution >= 0.6 is 0 Å². The highest BCUT2D eigenvalue weighted by Crippen LogP contribution is 2.00. The maximum Gasteiger partial charge on any atom is -0.0471 e. The third-order valence-electron chi connectivity index (χ3n) is 2.50. The minimum absolute atomic E-state index is 0.884. The van der Waals surface area contributed by atoms with Crippen LogP contribution in [-0.4, -0.2) is 0 Å². The van der Waals surface area contributed by atoms with Gasteiger partial charge in [0.25, 0.3) is 0 Å². The molecule has 0 heterocycles. The van der Waals surface area contributed by atoms with Gasteiger partial charge in [0.2, 0.25) is 0 Å². The molecule has 0 fully saturated rings. The largest absolute Gasteiger partial charge is 0.0683 e. The van der Waals surface area contributed by atoms with Gasteiger partial charge in [-0.15, -0.1) is 0 Å². The van der Waals surface area contributed by atoms with E-state index in [0.29, 0.717) is 0 Å². The Morgan fingerprint density at radius 2 is 0.636 bits per heavy atom. The van der Waals surface area contributed by atoms with E-state index in [1.54, 1.807) is 0 Å². The van der Waals surface area contributed by atoms with Crippen molar-refractivity contribution in [2.45, 2.75) is 130 Å². The lowest BCUT2D eigenvalue weighted by atomic mass is 10.1. The van der Waals surface area contributed by atoms with Gasteiger partial charge in [-0.2, -0.15) is 0 Å². The average Bonchev–Trinajstić information content (AvgIpc) is 2.54. The summed E-state index contributed by atoms with van der Waals surface area (Å²) in [5, 5.41) is 0. The Balaban J connectivity index is -0.0000000373. The summed E-state index contributed by atoms with van der Waals surface area (Å²) in [5.74, 6) is 2.67. The van der Waals surface area contributed by atoms with Gasteiger partial charge in [-0.25, -0.2) is 0 Å². The predicted molar refractivity (Wildman–Crippen MR) is 114 cm³/mol. The van der Waals surface area contributed by atoms with Crippen molar-refractivity contribution in [2.75, 3.05) is 0 Å². The van der Waals surface area contributed by atoms with Crippen LogP contribution in [0.25, 0.3) is 0 Å². The molecule has 144 valence electrons. The first kappa shape index (κ1) is 37.9.